The second kappa shape index (κ2) is 6.85. The Morgan fingerprint density at radius 2 is 2.27 bits per heavy atom. The van der Waals surface area contributed by atoms with Crippen LogP contribution in [0.1, 0.15) is 25.8 Å². The smallest absolute Gasteiger partial charge is 0.0960 e. The molecule has 1 rings (SSSR count). The van der Waals surface area contributed by atoms with Crippen molar-refractivity contribution in [2.45, 2.75) is 31.8 Å². The van der Waals surface area contributed by atoms with Gasteiger partial charge in [-0.1, -0.05) is 26.3 Å². The second-order valence-corrected chi connectivity index (χ2v) is 4.90. The number of rotatable bonds is 6. The van der Waals surface area contributed by atoms with E-state index in [1.54, 1.807) is 0 Å². The first-order valence-corrected chi connectivity index (χ1v) is 6.47. The van der Waals surface area contributed by atoms with Gasteiger partial charge in [0.1, 0.15) is 0 Å². The van der Waals surface area contributed by atoms with Crippen LogP contribution in [0.4, 0.5) is 0 Å². The molecule has 0 saturated heterocycles. The van der Waals surface area contributed by atoms with E-state index in [1.165, 1.54) is 12.0 Å². The van der Waals surface area contributed by atoms with E-state index in [0.717, 1.165) is 23.2 Å². The van der Waals surface area contributed by atoms with Crippen LogP contribution in [0, 0.1) is 5.92 Å². The largest absolute Gasteiger partial charge is 0.316 e. The Morgan fingerprint density at radius 3 is 2.80 bits per heavy atom. The summed E-state index contributed by atoms with van der Waals surface area (Å²) in [6.07, 6.45) is 3.19. The summed E-state index contributed by atoms with van der Waals surface area (Å²) in [6, 6.07) is 4.25. The van der Waals surface area contributed by atoms with Gasteiger partial charge < -0.3 is 5.32 Å². The lowest BCUT2D eigenvalue weighted by molar-refractivity contribution is 0.636. The van der Waals surface area contributed by atoms with E-state index in [4.69, 9.17) is 0 Å². The molecular formula is C12H20N2S. The Balaban J connectivity index is 2.42. The van der Waals surface area contributed by atoms with Crippen LogP contribution in [-0.4, -0.2) is 17.8 Å². The molecule has 1 unspecified atom stereocenters. The molecule has 3 heteroatoms. The van der Waals surface area contributed by atoms with E-state index in [-0.39, 0.29) is 0 Å². The van der Waals surface area contributed by atoms with Crippen molar-refractivity contribution < 1.29 is 0 Å². The van der Waals surface area contributed by atoms with Gasteiger partial charge in [-0.2, -0.15) is 0 Å². The molecule has 0 amide bonds. The summed E-state index contributed by atoms with van der Waals surface area (Å²) in [4.78, 5) is 4.43. The minimum absolute atomic E-state index is 0.772. The van der Waals surface area contributed by atoms with Crippen LogP contribution in [0.25, 0.3) is 0 Å². The molecule has 84 valence electrons. The summed E-state index contributed by atoms with van der Waals surface area (Å²) < 4.78 is 0. The van der Waals surface area contributed by atoms with Gasteiger partial charge in [0.2, 0.25) is 0 Å². The minimum Gasteiger partial charge on any atom is -0.316 e. The number of pyridine rings is 1. The quantitative estimate of drug-likeness (QED) is 0.752. The van der Waals surface area contributed by atoms with Gasteiger partial charge in [0.15, 0.2) is 0 Å². The molecule has 0 aromatic carbocycles. The van der Waals surface area contributed by atoms with Gasteiger partial charge in [0, 0.05) is 18.5 Å². The van der Waals surface area contributed by atoms with Gasteiger partial charge in [0.25, 0.3) is 0 Å². The van der Waals surface area contributed by atoms with Crippen LogP contribution in [0.15, 0.2) is 23.4 Å². The van der Waals surface area contributed by atoms with Gasteiger partial charge >= 0.3 is 0 Å². The fourth-order valence-electron chi connectivity index (χ4n) is 1.15. The van der Waals surface area contributed by atoms with Crippen molar-refractivity contribution in [1.82, 2.24) is 10.3 Å². The highest BCUT2D eigenvalue weighted by Crippen LogP contribution is 2.19. The Morgan fingerprint density at radius 1 is 1.47 bits per heavy atom. The standard InChI is InChI=1S/C12H20N2S/c1-4-10(2)9-15-12-6-5-11(7-13-3)8-14-12/h5-6,8,10,13H,4,7,9H2,1-3H3. The molecule has 1 aromatic heterocycles. The van der Waals surface area contributed by atoms with Crippen LogP contribution >= 0.6 is 11.8 Å². The topological polar surface area (TPSA) is 24.9 Å². The molecule has 0 spiro atoms. The lowest BCUT2D eigenvalue weighted by atomic mass is 10.2. The van der Waals surface area contributed by atoms with E-state index >= 15 is 0 Å². The van der Waals surface area contributed by atoms with E-state index in [0.29, 0.717) is 0 Å². The molecule has 1 atom stereocenters. The molecule has 0 aliphatic rings. The summed E-state index contributed by atoms with van der Waals surface area (Å²) in [5.74, 6) is 1.93. The highest BCUT2D eigenvalue weighted by molar-refractivity contribution is 7.99. The van der Waals surface area contributed by atoms with Crippen LogP contribution in [-0.2, 0) is 6.54 Å². The van der Waals surface area contributed by atoms with Gasteiger partial charge in [-0.25, -0.2) is 4.98 Å². The number of hydrogen-bond donors (Lipinski definition) is 1. The molecule has 1 heterocycles. The van der Waals surface area contributed by atoms with E-state index in [9.17, 15) is 0 Å². The van der Waals surface area contributed by atoms with Crippen LogP contribution in [0.2, 0.25) is 0 Å². The van der Waals surface area contributed by atoms with Gasteiger partial charge in [-0.15, -0.1) is 11.8 Å². The molecular weight excluding hydrogens is 204 g/mol. The number of nitrogens with zero attached hydrogens (tertiary/aromatic N) is 1. The predicted octanol–water partition coefficient (Wildman–Crippen LogP) is 2.94. The minimum atomic E-state index is 0.772. The maximum atomic E-state index is 4.43. The first-order valence-electron chi connectivity index (χ1n) is 5.48. The number of thioether (sulfide) groups is 1. The highest BCUT2D eigenvalue weighted by Gasteiger charge is 2.01. The lowest BCUT2D eigenvalue weighted by Crippen LogP contribution is -2.05. The summed E-state index contributed by atoms with van der Waals surface area (Å²) in [6.45, 7) is 5.40. The summed E-state index contributed by atoms with van der Waals surface area (Å²) >= 11 is 1.85. The lowest BCUT2D eigenvalue weighted by Gasteiger charge is -2.07. The highest BCUT2D eigenvalue weighted by atomic mass is 32.2. The Hall–Kier alpha value is -0.540. The normalized spacial score (nSPS) is 12.7. The van der Waals surface area contributed by atoms with Crippen molar-refractivity contribution in [2.24, 2.45) is 5.92 Å². The first kappa shape index (κ1) is 12.5. The van der Waals surface area contributed by atoms with Crippen LogP contribution < -0.4 is 5.32 Å². The fraction of sp³-hybridized carbons (Fsp3) is 0.583. The van der Waals surface area contributed by atoms with Crippen LogP contribution in [0.3, 0.4) is 0 Å². The van der Waals surface area contributed by atoms with Crippen molar-refractivity contribution in [3.05, 3.63) is 23.9 Å². The second-order valence-electron chi connectivity index (χ2n) is 3.86. The van der Waals surface area contributed by atoms with Crippen molar-refractivity contribution in [2.75, 3.05) is 12.8 Å². The Kier molecular flexibility index (Phi) is 5.73. The molecule has 0 bridgehead atoms. The molecule has 2 nitrogen and oxygen atoms in total. The van der Waals surface area contributed by atoms with Crippen LogP contribution in [0.5, 0.6) is 0 Å². The molecule has 0 saturated carbocycles. The molecule has 15 heavy (non-hydrogen) atoms. The van der Waals surface area contributed by atoms with Crippen molar-refractivity contribution >= 4 is 11.8 Å². The summed E-state index contributed by atoms with van der Waals surface area (Å²) in [7, 11) is 1.95. The fourth-order valence-corrected chi connectivity index (χ4v) is 2.13. The monoisotopic (exact) mass is 224 g/mol. The third-order valence-electron chi connectivity index (χ3n) is 2.39. The maximum absolute atomic E-state index is 4.43. The van der Waals surface area contributed by atoms with Gasteiger partial charge in [-0.3, -0.25) is 0 Å². The van der Waals surface area contributed by atoms with Crippen molar-refractivity contribution in [3.8, 4) is 0 Å². The molecule has 1 aromatic rings. The summed E-state index contributed by atoms with van der Waals surface area (Å²) in [5.41, 5.74) is 1.24. The van der Waals surface area contributed by atoms with Crippen molar-refractivity contribution in [3.63, 3.8) is 0 Å². The summed E-state index contributed by atoms with van der Waals surface area (Å²) in [5, 5.41) is 4.25. The molecule has 0 aliphatic carbocycles. The third kappa shape index (κ3) is 4.67. The number of hydrogen-bond acceptors (Lipinski definition) is 3. The average molecular weight is 224 g/mol. The van der Waals surface area contributed by atoms with Gasteiger partial charge in [0.05, 0.1) is 5.03 Å². The zero-order valence-corrected chi connectivity index (χ0v) is 10.6. The first-order chi connectivity index (χ1) is 7.26. The van der Waals surface area contributed by atoms with E-state index in [1.807, 2.05) is 25.0 Å². The van der Waals surface area contributed by atoms with Crippen molar-refractivity contribution in [1.29, 1.82) is 0 Å². The maximum Gasteiger partial charge on any atom is 0.0960 e. The predicted molar refractivity (Wildman–Crippen MR) is 67.2 cm³/mol. The Bertz CT molecular complexity index is 271. The zero-order valence-electron chi connectivity index (χ0n) is 9.79. The molecule has 0 radical (unpaired) electrons. The number of nitrogens with one attached hydrogen (secondary N) is 1. The average Bonchev–Trinajstić information content (AvgIpc) is 2.28. The van der Waals surface area contributed by atoms with E-state index in [2.05, 4.69) is 36.3 Å². The molecule has 0 aliphatic heterocycles. The molecule has 1 N–H and O–H groups in total. The third-order valence-corrected chi connectivity index (χ3v) is 3.66. The van der Waals surface area contributed by atoms with Gasteiger partial charge in [-0.05, 0) is 24.6 Å². The molecule has 0 fully saturated rings. The Labute approximate surface area is 96.9 Å². The van der Waals surface area contributed by atoms with E-state index < -0.39 is 0 Å². The number of aromatic nitrogens is 1. The zero-order chi connectivity index (χ0) is 11.1. The SMILES string of the molecule is CCC(C)CSc1ccc(CNC)cn1.